The third-order valence-corrected chi connectivity index (χ3v) is 5.21. The van der Waals surface area contributed by atoms with Gasteiger partial charge in [0.2, 0.25) is 0 Å². The van der Waals surface area contributed by atoms with Crippen molar-refractivity contribution in [3.05, 3.63) is 47.5 Å². The topological polar surface area (TPSA) is 60.0 Å². The van der Waals surface area contributed by atoms with Gasteiger partial charge in [-0.05, 0) is 68.8 Å². The molecule has 0 spiro atoms. The normalized spacial score (nSPS) is 17.2. The number of amides is 1. The molecule has 28 heavy (non-hydrogen) atoms. The number of benzene rings is 2. The predicted molar refractivity (Wildman–Crippen MR) is 108 cm³/mol. The highest BCUT2D eigenvalue weighted by atomic mass is 16.6. The number of carbonyl (C=O) groups excluding carboxylic acids is 1. The van der Waals surface area contributed by atoms with Gasteiger partial charge >= 0.3 is 0 Å². The molecule has 0 aromatic heterocycles. The van der Waals surface area contributed by atoms with Crippen molar-refractivity contribution in [2.24, 2.45) is 0 Å². The molecular formula is C22H26N2O4. The van der Waals surface area contributed by atoms with Crippen LogP contribution in [-0.2, 0) is 0 Å². The third kappa shape index (κ3) is 4.22. The summed E-state index contributed by atoms with van der Waals surface area (Å²) in [5.41, 5.74) is 2.16. The molecule has 6 nitrogen and oxygen atoms in total. The molecule has 1 saturated heterocycles. The van der Waals surface area contributed by atoms with Gasteiger partial charge in [-0.15, -0.1) is 0 Å². The van der Waals surface area contributed by atoms with Crippen molar-refractivity contribution in [3.8, 4) is 17.2 Å². The molecule has 0 unspecified atom stereocenters. The average molecular weight is 382 g/mol. The molecule has 1 amide bonds. The summed E-state index contributed by atoms with van der Waals surface area (Å²) in [6.07, 6.45) is 2.34. The molecular weight excluding hydrogens is 356 g/mol. The second-order valence-electron chi connectivity index (χ2n) is 7.41. The van der Waals surface area contributed by atoms with Crippen LogP contribution in [-0.4, -0.2) is 50.3 Å². The van der Waals surface area contributed by atoms with Crippen molar-refractivity contribution >= 4 is 11.6 Å². The summed E-state index contributed by atoms with van der Waals surface area (Å²) in [6, 6.07) is 11.2. The minimum atomic E-state index is -0.168. The number of rotatable bonds is 4. The van der Waals surface area contributed by atoms with Crippen LogP contribution in [0.2, 0.25) is 0 Å². The Labute approximate surface area is 165 Å². The molecule has 1 N–H and O–H groups in total. The number of fused-ring (bicyclic) bond motifs is 1. The number of aryl methyl sites for hydroxylation is 1. The van der Waals surface area contributed by atoms with Crippen molar-refractivity contribution < 1.29 is 19.0 Å². The SMILES string of the molecule is Cc1cc2c(cc1C(=O)Nc1ccc(OC3CCN(C)CC3)cc1)OCCO2. The van der Waals surface area contributed by atoms with E-state index in [0.717, 1.165) is 42.9 Å². The number of piperidine rings is 1. The molecule has 2 aromatic rings. The number of carbonyl (C=O) groups is 1. The number of hydrogen-bond acceptors (Lipinski definition) is 5. The van der Waals surface area contributed by atoms with Crippen LogP contribution in [0.25, 0.3) is 0 Å². The van der Waals surface area contributed by atoms with E-state index in [2.05, 4.69) is 17.3 Å². The zero-order valence-electron chi connectivity index (χ0n) is 16.4. The van der Waals surface area contributed by atoms with E-state index in [4.69, 9.17) is 14.2 Å². The number of nitrogens with one attached hydrogen (secondary N) is 1. The molecule has 4 rings (SSSR count). The van der Waals surface area contributed by atoms with E-state index in [1.54, 1.807) is 6.07 Å². The highest BCUT2D eigenvalue weighted by molar-refractivity contribution is 6.05. The van der Waals surface area contributed by atoms with Crippen LogP contribution in [0.1, 0.15) is 28.8 Å². The second kappa shape index (κ2) is 8.10. The molecule has 148 valence electrons. The van der Waals surface area contributed by atoms with Crippen molar-refractivity contribution in [2.45, 2.75) is 25.9 Å². The number of anilines is 1. The Morgan fingerprint density at radius 3 is 2.39 bits per heavy atom. The fourth-order valence-electron chi connectivity index (χ4n) is 3.55. The van der Waals surface area contributed by atoms with Gasteiger partial charge in [-0.3, -0.25) is 4.79 Å². The van der Waals surface area contributed by atoms with Gasteiger partial charge in [0.1, 0.15) is 25.1 Å². The van der Waals surface area contributed by atoms with E-state index in [1.807, 2.05) is 37.3 Å². The van der Waals surface area contributed by atoms with E-state index in [0.29, 0.717) is 30.3 Å². The molecule has 1 fully saturated rings. The summed E-state index contributed by atoms with van der Waals surface area (Å²) in [5, 5.41) is 2.94. The molecule has 6 heteroatoms. The van der Waals surface area contributed by atoms with E-state index in [1.165, 1.54) is 0 Å². The number of nitrogens with zero attached hydrogens (tertiary/aromatic N) is 1. The van der Waals surface area contributed by atoms with E-state index < -0.39 is 0 Å². The molecule has 2 heterocycles. The minimum Gasteiger partial charge on any atom is -0.490 e. The molecule has 0 atom stereocenters. The van der Waals surface area contributed by atoms with Gasteiger partial charge in [-0.25, -0.2) is 0 Å². The van der Waals surface area contributed by atoms with Crippen molar-refractivity contribution in [3.63, 3.8) is 0 Å². The minimum absolute atomic E-state index is 0.168. The van der Waals surface area contributed by atoms with Crippen LogP contribution in [0.5, 0.6) is 17.2 Å². The Kier molecular flexibility index (Phi) is 5.39. The maximum atomic E-state index is 12.7. The fourth-order valence-corrected chi connectivity index (χ4v) is 3.55. The van der Waals surface area contributed by atoms with Crippen LogP contribution in [0.4, 0.5) is 5.69 Å². The summed E-state index contributed by atoms with van der Waals surface area (Å²) in [7, 11) is 2.14. The zero-order valence-corrected chi connectivity index (χ0v) is 16.4. The van der Waals surface area contributed by atoms with Gasteiger partial charge in [-0.2, -0.15) is 0 Å². The maximum absolute atomic E-state index is 12.7. The smallest absolute Gasteiger partial charge is 0.256 e. The van der Waals surface area contributed by atoms with Crippen LogP contribution in [0.15, 0.2) is 36.4 Å². The second-order valence-corrected chi connectivity index (χ2v) is 7.41. The zero-order chi connectivity index (χ0) is 19.5. The quantitative estimate of drug-likeness (QED) is 0.877. The molecule has 2 aromatic carbocycles. The Morgan fingerprint density at radius 2 is 1.71 bits per heavy atom. The largest absolute Gasteiger partial charge is 0.490 e. The monoisotopic (exact) mass is 382 g/mol. The van der Waals surface area contributed by atoms with Gasteiger partial charge < -0.3 is 24.4 Å². The van der Waals surface area contributed by atoms with Gasteiger partial charge in [0.05, 0.1) is 0 Å². The van der Waals surface area contributed by atoms with Crippen LogP contribution in [0.3, 0.4) is 0 Å². The first-order valence-electron chi connectivity index (χ1n) is 9.75. The lowest BCUT2D eigenvalue weighted by atomic mass is 10.1. The molecule has 0 bridgehead atoms. The Balaban J connectivity index is 1.39. The van der Waals surface area contributed by atoms with Crippen LogP contribution < -0.4 is 19.5 Å². The van der Waals surface area contributed by atoms with Gasteiger partial charge in [0.25, 0.3) is 5.91 Å². The standard InChI is InChI=1S/C22H26N2O4/c1-15-13-20-21(27-12-11-26-20)14-19(15)22(25)23-16-3-5-17(6-4-16)28-18-7-9-24(2)10-8-18/h3-6,13-14,18H,7-12H2,1-2H3,(H,23,25). The fraction of sp³-hybridized carbons (Fsp3) is 0.409. The average Bonchev–Trinajstić information content (AvgIpc) is 2.70. The Morgan fingerprint density at radius 1 is 1.07 bits per heavy atom. The van der Waals surface area contributed by atoms with Gasteiger partial charge in [-0.1, -0.05) is 0 Å². The molecule has 2 aliphatic heterocycles. The van der Waals surface area contributed by atoms with Crippen molar-refractivity contribution in [1.82, 2.24) is 4.90 Å². The summed E-state index contributed by atoms with van der Waals surface area (Å²) in [6.45, 7) is 5.05. The molecule has 0 radical (unpaired) electrons. The van der Waals surface area contributed by atoms with Crippen LogP contribution >= 0.6 is 0 Å². The lowest BCUT2D eigenvalue weighted by Gasteiger charge is -2.29. The Hall–Kier alpha value is -2.73. The predicted octanol–water partition coefficient (Wildman–Crippen LogP) is 3.49. The lowest BCUT2D eigenvalue weighted by Crippen LogP contribution is -2.35. The highest BCUT2D eigenvalue weighted by Gasteiger charge is 2.19. The summed E-state index contributed by atoms with van der Waals surface area (Å²) in [5.74, 6) is 1.97. The third-order valence-electron chi connectivity index (χ3n) is 5.21. The lowest BCUT2D eigenvalue weighted by molar-refractivity contribution is 0.102. The summed E-state index contributed by atoms with van der Waals surface area (Å²) in [4.78, 5) is 15.0. The first-order valence-corrected chi connectivity index (χ1v) is 9.75. The highest BCUT2D eigenvalue weighted by Crippen LogP contribution is 2.33. The first-order chi connectivity index (χ1) is 13.6. The van der Waals surface area contributed by atoms with E-state index >= 15 is 0 Å². The number of ether oxygens (including phenoxy) is 3. The van der Waals surface area contributed by atoms with Gasteiger partial charge in [0.15, 0.2) is 11.5 Å². The number of hydrogen-bond donors (Lipinski definition) is 1. The van der Waals surface area contributed by atoms with Crippen molar-refractivity contribution in [1.29, 1.82) is 0 Å². The number of likely N-dealkylation sites (tertiary alicyclic amines) is 1. The van der Waals surface area contributed by atoms with Gasteiger partial charge in [0, 0.05) is 24.3 Å². The van der Waals surface area contributed by atoms with E-state index in [9.17, 15) is 4.79 Å². The first kappa shape index (κ1) is 18.6. The molecule has 2 aliphatic rings. The molecule has 0 saturated carbocycles. The maximum Gasteiger partial charge on any atom is 0.256 e. The van der Waals surface area contributed by atoms with Crippen LogP contribution in [0, 0.1) is 6.92 Å². The molecule has 0 aliphatic carbocycles. The van der Waals surface area contributed by atoms with E-state index in [-0.39, 0.29) is 12.0 Å². The Bertz CT molecular complexity index is 842. The van der Waals surface area contributed by atoms with Crippen molar-refractivity contribution in [2.75, 3.05) is 38.7 Å². The summed E-state index contributed by atoms with van der Waals surface area (Å²) >= 11 is 0. The summed E-state index contributed by atoms with van der Waals surface area (Å²) < 4.78 is 17.2.